The van der Waals surface area contributed by atoms with Crippen LogP contribution in [0.5, 0.6) is 0 Å². The van der Waals surface area contributed by atoms with E-state index in [9.17, 15) is 4.79 Å². The first-order chi connectivity index (χ1) is 5.70. The standard InChI is InChI=1S/C7H9N3O2/c1-5(9-10-7(8)11)6-3-2-4-12-6/h2-4H,1H3,(H3,8,10,11)/b9-5-. The molecule has 0 aliphatic carbocycles. The van der Waals surface area contributed by atoms with Crippen molar-refractivity contribution in [2.75, 3.05) is 0 Å². The van der Waals surface area contributed by atoms with Crippen LogP contribution in [0.2, 0.25) is 0 Å². The highest BCUT2D eigenvalue weighted by Gasteiger charge is 1.99. The van der Waals surface area contributed by atoms with Gasteiger partial charge in [0, 0.05) is 0 Å². The van der Waals surface area contributed by atoms with Crippen LogP contribution in [0.3, 0.4) is 0 Å². The topological polar surface area (TPSA) is 80.6 Å². The van der Waals surface area contributed by atoms with Crippen LogP contribution >= 0.6 is 0 Å². The summed E-state index contributed by atoms with van der Waals surface area (Å²) in [6, 6.07) is 2.78. The maximum Gasteiger partial charge on any atom is 0.332 e. The number of hydrogen-bond donors (Lipinski definition) is 2. The molecule has 2 amide bonds. The van der Waals surface area contributed by atoms with Gasteiger partial charge in [-0.25, -0.2) is 10.2 Å². The molecular formula is C7H9N3O2. The molecule has 0 aliphatic rings. The number of urea groups is 1. The Morgan fingerprint density at radius 3 is 3.00 bits per heavy atom. The maximum absolute atomic E-state index is 10.2. The molecule has 1 aromatic rings. The lowest BCUT2D eigenvalue weighted by Crippen LogP contribution is -2.25. The minimum Gasteiger partial charge on any atom is -0.463 e. The van der Waals surface area contributed by atoms with Gasteiger partial charge in [0.2, 0.25) is 0 Å². The number of furan rings is 1. The molecule has 0 aromatic carbocycles. The molecule has 0 radical (unpaired) electrons. The number of primary amides is 1. The summed E-state index contributed by atoms with van der Waals surface area (Å²) in [4.78, 5) is 10.2. The van der Waals surface area contributed by atoms with Gasteiger partial charge >= 0.3 is 6.03 Å². The number of carbonyl (C=O) groups excluding carboxylic acids is 1. The number of amides is 2. The Hall–Kier alpha value is -1.78. The van der Waals surface area contributed by atoms with Crippen LogP contribution < -0.4 is 11.2 Å². The highest BCUT2D eigenvalue weighted by Crippen LogP contribution is 2.00. The zero-order chi connectivity index (χ0) is 8.97. The Kier molecular flexibility index (Phi) is 2.47. The number of rotatable bonds is 2. The van der Waals surface area contributed by atoms with Gasteiger partial charge in [-0.15, -0.1) is 0 Å². The molecule has 12 heavy (non-hydrogen) atoms. The number of nitrogens with zero attached hydrogens (tertiary/aromatic N) is 1. The molecule has 5 nitrogen and oxygen atoms in total. The fourth-order valence-corrected chi connectivity index (χ4v) is 0.678. The van der Waals surface area contributed by atoms with Crippen LogP contribution in [0.4, 0.5) is 4.79 Å². The first kappa shape index (κ1) is 8.32. The Morgan fingerprint density at radius 2 is 2.50 bits per heavy atom. The normalized spacial score (nSPS) is 11.2. The average Bonchev–Trinajstić information content (AvgIpc) is 2.51. The van der Waals surface area contributed by atoms with Crippen LogP contribution in [-0.2, 0) is 0 Å². The van der Waals surface area contributed by atoms with E-state index in [4.69, 9.17) is 10.2 Å². The number of hydrazone groups is 1. The second-order valence-electron chi connectivity index (χ2n) is 2.15. The summed E-state index contributed by atoms with van der Waals surface area (Å²) in [5.41, 5.74) is 7.48. The molecule has 1 heterocycles. The third-order valence-corrected chi connectivity index (χ3v) is 1.21. The zero-order valence-electron chi connectivity index (χ0n) is 6.57. The molecule has 0 spiro atoms. The maximum atomic E-state index is 10.2. The summed E-state index contributed by atoms with van der Waals surface area (Å²) in [6.07, 6.45) is 1.53. The lowest BCUT2D eigenvalue weighted by Gasteiger charge is -1.94. The monoisotopic (exact) mass is 167 g/mol. The third kappa shape index (κ3) is 2.12. The third-order valence-electron chi connectivity index (χ3n) is 1.21. The van der Waals surface area contributed by atoms with Crippen molar-refractivity contribution in [3.63, 3.8) is 0 Å². The largest absolute Gasteiger partial charge is 0.463 e. The van der Waals surface area contributed by atoms with Gasteiger partial charge in [-0.05, 0) is 19.1 Å². The van der Waals surface area contributed by atoms with Crippen molar-refractivity contribution in [3.05, 3.63) is 24.2 Å². The van der Waals surface area contributed by atoms with Gasteiger partial charge < -0.3 is 10.2 Å². The van der Waals surface area contributed by atoms with Crippen LogP contribution in [0.15, 0.2) is 27.9 Å². The quantitative estimate of drug-likeness (QED) is 0.501. The van der Waals surface area contributed by atoms with Crippen LogP contribution in [0.1, 0.15) is 12.7 Å². The zero-order valence-corrected chi connectivity index (χ0v) is 6.57. The smallest absolute Gasteiger partial charge is 0.332 e. The first-order valence-electron chi connectivity index (χ1n) is 3.34. The molecule has 3 N–H and O–H groups in total. The summed E-state index contributed by atoms with van der Waals surface area (Å²) in [5, 5.41) is 3.66. The Balaban J connectivity index is 2.65. The summed E-state index contributed by atoms with van der Waals surface area (Å²) in [6.45, 7) is 1.70. The van der Waals surface area contributed by atoms with E-state index in [-0.39, 0.29) is 0 Å². The minimum absolute atomic E-state index is 0.568. The van der Waals surface area contributed by atoms with Crippen molar-refractivity contribution in [3.8, 4) is 0 Å². The summed E-state index contributed by atoms with van der Waals surface area (Å²) < 4.78 is 5.00. The molecule has 0 aliphatic heterocycles. The minimum atomic E-state index is -0.694. The Morgan fingerprint density at radius 1 is 1.75 bits per heavy atom. The molecule has 0 saturated heterocycles. The average molecular weight is 167 g/mol. The SMILES string of the molecule is C/C(=N/NC(N)=O)c1ccco1. The molecule has 0 bridgehead atoms. The van der Waals surface area contributed by atoms with E-state index in [0.717, 1.165) is 0 Å². The van der Waals surface area contributed by atoms with E-state index in [1.165, 1.54) is 6.26 Å². The number of nitrogens with two attached hydrogens (primary N) is 1. The van der Waals surface area contributed by atoms with E-state index in [1.807, 2.05) is 0 Å². The molecule has 0 unspecified atom stereocenters. The summed E-state index contributed by atoms with van der Waals surface area (Å²) in [7, 11) is 0. The molecule has 5 heteroatoms. The number of nitrogens with one attached hydrogen (secondary N) is 1. The van der Waals surface area contributed by atoms with Crippen LogP contribution in [0, 0.1) is 0 Å². The Bertz CT molecular complexity index is 290. The molecule has 1 rings (SSSR count). The highest BCUT2D eigenvalue weighted by atomic mass is 16.3. The number of hydrogen-bond acceptors (Lipinski definition) is 3. The van der Waals surface area contributed by atoms with Gasteiger partial charge in [0.25, 0.3) is 0 Å². The lowest BCUT2D eigenvalue weighted by atomic mass is 10.3. The molecule has 0 saturated carbocycles. The molecular weight excluding hydrogens is 158 g/mol. The van der Waals surface area contributed by atoms with Gasteiger partial charge in [0.05, 0.1) is 6.26 Å². The van der Waals surface area contributed by atoms with E-state index < -0.39 is 6.03 Å². The fourth-order valence-electron chi connectivity index (χ4n) is 0.678. The van der Waals surface area contributed by atoms with E-state index in [2.05, 4.69) is 10.5 Å². The predicted octanol–water partition coefficient (Wildman–Crippen LogP) is 0.672. The second-order valence-corrected chi connectivity index (χ2v) is 2.15. The van der Waals surface area contributed by atoms with Crippen LogP contribution in [0.25, 0.3) is 0 Å². The lowest BCUT2D eigenvalue weighted by molar-refractivity contribution is 0.249. The second kappa shape index (κ2) is 3.56. The van der Waals surface area contributed by atoms with Gasteiger partial charge in [0.15, 0.2) is 0 Å². The van der Waals surface area contributed by atoms with Crippen molar-refractivity contribution in [2.24, 2.45) is 10.8 Å². The Labute approximate surface area is 69.2 Å². The van der Waals surface area contributed by atoms with Crippen molar-refractivity contribution in [1.29, 1.82) is 0 Å². The van der Waals surface area contributed by atoms with Gasteiger partial charge in [0.1, 0.15) is 11.5 Å². The molecule has 0 fully saturated rings. The first-order valence-corrected chi connectivity index (χ1v) is 3.34. The predicted molar refractivity (Wildman–Crippen MR) is 43.6 cm³/mol. The van der Waals surface area contributed by atoms with Gasteiger partial charge in [-0.2, -0.15) is 5.10 Å². The van der Waals surface area contributed by atoms with Crippen LogP contribution in [-0.4, -0.2) is 11.7 Å². The summed E-state index contributed by atoms with van der Waals surface area (Å²) >= 11 is 0. The van der Waals surface area contributed by atoms with Crippen molar-refractivity contribution < 1.29 is 9.21 Å². The van der Waals surface area contributed by atoms with Gasteiger partial charge in [-0.3, -0.25) is 0 Å². The fraction of sp³-hybridized carbons (Fsp3) is 0.143. The summed E-state index contributed by atoms with van der Waals surface area (Å²) in [5.74, 6) is 0.601. The molecule has 64 valence electrons. The van der Waals surface area contributed by atoms with Crippen molar-refractivity contribution in [1.82, 2.24) is 5.43 Å². The number of carbonyl (C=O) groups is 1. The van der Waals surface area contributed by atoms with Gasteiger partial charge in [-0.1, -0.05) is 0 Å². The van der Waals surface area contributed by atoms with E-state index in [1.54, 1.807) is 19.1 Å². The molecule has 0 atom stereocenters. The van der Waals surface area contributed by atoms with E-state index in [0.29, 0.717) is 11.5 Å². The molecule has 1 aromatic heterocycles. The van der Waals surface area contributed by atoms with Crippen molar-refractivity contribution in [2.45, 2.75) is 6.92 Å². The highest BCUT2D eigenvalue weighted by molar-refractivity contribution is 5.96. The van der Waals surface area contributed by atoms with E-state index >= 15 is 0 Å². The van der Waals surface area contributed by atoms with Crippen molar-refractivity contribution >= 4 is 11.7 Å².